The minimum absolute atomic E-state index is 0.0387. The molecule has 8 heteroatoms. The van der Waals surface area contributed by atoms with E-state index in [1.165, 1.54) is 0 Å². The topological polar surface area (TPSA) is 48.7 Å². The number of hydrogen-bond donors (Lipinski definition) is 1. The van der Waals surface area contributed by atoms with Crippen molar-refractivity contribution in [2.24, 2.45) is 11.0 Å². The van der Waals surface area contributed by atoms with Crippen LogP contribution in [-0.2, 0) is 0 Å². The predicted molar refractivity (Wildman–Crippen MR) is 115 cm³/mol. The lowest BCUT2D eigenvalue weighted by atomic mass is 9.73. The van der Waals surface area contributed by atoms with Gasteiger partial charge in [-0.15, -0.1) is 11.3 Å². The highest BCUT2D eigenvalue weighted by Crippen LogP contribution is 2.52. The maximum Gasteiger partial charge on any atom is 0.439 e. The van der Waals surface area contributed by atoms with Crippen molar-refractivity contribution in [3.63, 3.8) is 0 Å². The summed E-state index contributed by atoms with van der Waals surface area (Å²) < 4.78 is 43.0. The largest absolute Gasteiger partial charge is 0.439 e. The number of anilines is 1. The molecule has 0 saturated heterocycles. The Morgan fingerprint density at radius 1 is 1.03 bits per heavy atom. The number of hydrogen-bond acceptors (Lipinski definition) is 5. The van der Waals surface area contributed by atoms with Crippen LogP contribution in [0.25, 0.3) is 11.3 Å². The van der Waals surface area contributed by atoms with Crippen molar-refractivity contribution in [1.29, 1.82) is 0 Å². The fourth-order valence-corrected chi connectivity index (χ4v) is 5.38. The fraction of sp³-hybridized carbons (Fsp3) is 0.304. The van der Waals surface area contributed by atoms with Crippen molar-refractivity contribution < 1.29 is 18.3 Å². The standard InChI is InChI=1S/C23H20F3N3OS/c24-23(25,26)22(30)18-13-17(15-7-3-1-4-8-15)11-12-19(18)28-29(22)21-27-20(14-31-21)16-9-5-2-6-10-16/h1-10,14,17-18,30H,11-13H2/t17-,18-,22-/m1/s1. The maximum atomic E-state index is 14.3. The highest BCUT2D eigenvalue weighted by atomic mass is 32.1. The Hall–Kier alpha value is -2.71. The fourth-order valence-electron chi connectivity index (χ4n) is 4.54. The lowest BCUT2D eigenvalue weighted by Gasteiger charge is -2.39. The van der Waals surface area contributed by atoms with Gasteiger partial charge in [0.05, 0.1) is 11.6 Å². The third-order valence-electron chi connectivity index (χ3n) is 6.14. The molecule has 3 atom stereocenters. The van der Waals surface area contributed by atoms with Gasteiger partial charge in [-0.3, -0.25) is 0 Å². The van der Waals surface area contributed by atoms with Crippen LogP contribution in [0, 0.1) is 5.92 Å². The molecule has 1 aliphatic heterocycles. The van der Waals surface area contributed by atoms with E-state index in [0.717, 1.165) is 22.5 Å². The number of thiazole rings is 1. The molecule has 0 amide bonds. The number of benzene rings is 2. The van der Waals surface area contributed by atoms with Crippen LogP contribution in [-0.4, -0.2) is 27.7 Å². The Labute approximate surface area is 181 Å². The third kappa shape index (κ3) is 3.34. The van der Waals surface area contributed by atoms with E-state index in [1.807, 2.05) is 60.7 Å². The number of alkyl halides is 3. The second-order valence-corrected chi connectivity index (χ2v) is 8.78. The minimum Gasteiger partial charge on any atom is -0.362 e. The second kappa shape index (κ2) is 7.46. The van der Waals surface area contributed by atoms with Crippen LogP contribution in [0.2, 0.25) is 0 Å². The summed E-state index contributed by atoms with van der Waals surface area (Å²) in [6.45, 7) is 0. The van der Waals surface area contributed by atoms with Gasteiger partial charge in [-0.05, 0) is 30.7 Å². The van der Waals surface area contributed by atoms with E-state index >= 15 is 0 Å². The van der Waals surface area contributed by atoms with Gasteiger partial charge in [0.1, 0.15) is 0 Å². The Bertz CT molecular complexity index is 1100. The number of halogens is 3. The number of fused-ring (bicyclic) bond motifs is 1. The van der Waals surface area contributed by atoms with E-state index in [4.69, 9.17) is 0 Å². The third-order valence-corrected chi connectivity index (χ3v) is 6.96. The molecular weight excluding hydrogens is 423 g/mol. The monoisotopic (exact) mass is 443 g/mol. The van der Waals surface area contributed by atoms with Crippen LogP contribution >= 0.6 is 11.3 Å². The molecule has 0 bridgehead atoms. The summed E-state index contributed by atoms with van der Waals surface area (Å²) in [6, 6.07) is 18.7. The van der Waals surface area contributed by atoms with Gasteiger partial charge >= 0.3 is 6.18 Å². The van der Waals surface area contributed by atoms with Gasteiger partial charge in [-0.25, -0.2) is 4.98 Å². The smallest absolute Gasteiger partial charge is 0.362 e. The Morgan fingerprint density at radius 3 is 2.39 bits per heavy atom. The van der Waals surface area contributed by atoms with Crippen molar-refractivity contribution in [1.82, 2.24) is 4.98 Å². The molecule has 160 valence electrons. The van der Waals surface area contributed by atoms with Crippen LogP contribution < -0.4 is 5.01 Å². The van der Waals surface area contributed by atoms with Gasteiger partial charge in [0.15, 0.2) is 0 Å². The van der Waals surface area contributed by atoms with E-state index in [-0.39, 0.29) is 17.5 Å². The summed E-state index contributed by atoms with van der Waals surface area (Å²) in [7, 11) is 0. The lowest BCUT2D eigenvalue weighted by Crippen LogP contribution is -2.60. The normalized spacial score (nSPS) is 25.9. The van der Waals surface area contributed by atoms with Crippen LogP contribution in [0.5, 0.6) is 0 Å². The molecule has 5 rings (SSSR count). The zero-order valence-corrected chi connectivity index (χ0v) is 17.3. The average molecular weight is 443 g/mol. The summed E-state index contributed by atoms with van der Waals surface area (Å²) >= 11 is 1.05. The van der Waals surface area contributed by atoms with Crippen LogP contribution in [0.15, 0.2) is 71.1 Å². The average Bonchev–Trinajstić information content (AvgIpc) is 3.38. The van der Waals surface area contributed by atoms with E-state index in [2.05, 4.69) is 10.1 Å². The first kappa shape index (κ1) is 20.2. The molecule has 1 N–H and O–H groups in total. The molecule has 2 heterocycles. The molecule has 0 spiro atoms. The molecule has 2 aliphatic rings. The van der Waals surface area contributed by atoms with E-state index in [0.29, 0.717) is 29.3 Å². The molecule has 31 heavy (non-hydrogen) atoms. The van der Waals surface area contributed by atoms with E-state index in [9.17, 15) is 18.3 Å². The quantitative estimate of drug-likeness (QED) is 0.555. The van der Waals surface area contributed by atoms with Gasteiger partial charge in [0.25, 0.3) is 5.72 Å². The highest BCUT2D eigenvalue weighted by Gasteiger charge is 2.68. The van der Waals surface area contributed by atoms with Crippen LogP contribution in [0.1, 0.15) is 30.7 Å². The summed E-state index contributed by atoms with van der Waals surface area (Å²) in [5, 5.41) is 17.8. The Morgan fingerprint density at radius 2 is 1.71 bits per heavy atom. The zero-order chi connectivity index (χ0) is 21.6. The number of aliphatic hydroxyl groups is 1. The van der Waals surface area contributed by atoms with Gasteiger partial charge < -0.3 is 5.11 Å². The second-order valence-electron chi connectivity index (χ2n) is 7.94. The summed E-state index contributed by atoms with van der Waals surface area (Å²) in [5.41, 5.74) is -0.369. The van der Waals surface area contributed by atoms with Crippen molar-refractivity contribution in [2.45, 2.75) is 37.1 Å². The van der Waals surface area contributed by atoms with Crippen molar-refractivity contribution in [3.8, 4) is 11.3 Å². The first-order valence-electron chi connectivity index (χ1n) is 10.1. The van der Waals surface area contributed by atoms with Crippen LogP contribution in [0.4, 0.5) is 18.3 Å². The molecule has 1 aliphatic carbocycles. The zero-order valence-electron chi connectivity index (χ0n) is 16.5. The first-order valence-corrected chi connectivity index (χ1v) is 11.0. The van der Waals surface area contributed by atoms with Gasteiger partial charge in [0.2, 0.25) is 5.13 Å². The molecule has 0 radical (unpaired) electrons. The van der Waals surface area contributed by atoms with Crippen LogP contribution in [0.3, 0.4) is 0 Å². The summed E-state index contributed by atoms with van der Waals surface area (Å²) in [5.74, 6) is -1.19. The molecule has 3 aromatic rings. The SMILES string of the molecule is O[C@@]1(C(F)(F)F)[C@@H]2C[C@H](c3ccccc3)CCC2=NN1c1nc(-c2ccccc2)cs1. The molecule has 0 unspecified atom stereocenters. The van der Waals surface area contributed by atoms with E-state index < -0.39 is 17.8 Å². The molecule has 4 nitrogen and oxygen atoms in total. The lowest BCUT2D eigenvalue weighted by molar-refractivity contribution is -0.269. The molecule has 1 aromatic heterocycles. The number of hydrazone groups is 1. The predicted octanol–water partition coefficient (Wildman–Crippen LogP) is 5.82. The van der Waals surface area contributed by atoms with E-state index in [1.54, 1.807) is 5.38 Å². The van der Waals surface area contributed by atoms with Crippen molar-refractivity contribution in [3.05, 3.63) is 71.6 Å². The van der Waals surface area contributed by atoms with Crippen molar-refractivity contribution in [2.75, 3.05) is 5.01 Å². The first-order chi connectivity index (χ1) is 14.9. The maximum absolute atomic E-state index is 14.3. The van der Waals surface area contributed by atoms with Gasteiger partial charge in [-0.2, -0.15) is 23.3 Å². The minimum atomic E-state index is -4.89. The summed E-state index contributed by atoms with van der Waals surface area (Å²) in [4.78, 5) is 4.38. The highest BCUT2D eigenvalue weighted by molar-refractivity contribution is 7.14. The molecule has 2 aromatic carbocycles. The van der Waals surface area contributed by atoms with Gasteiger partial charge in [-0.1, -0.05) is 60.7 Å². The number of rotatable bonds is 3. The molecular formula is C23H20F3N3OS. The summed E-state index contributed by atoms with van der Waals surface area (Å²) in [6.07, 6.45) is -3.59. The van der Waals surface area contributed by atoms with Gasteiger partial charge in [0, 0.05) is 16.7 Å². The Balaban J connectivity index is 1.51. The molecule has 1 fully saturated rings. The van der Waals surface area contributed by atoms with Crippen molar-refractivity contribution >= 4 is 22.2 Å². The number of aromatic nitrogens is 1. The number of nitrogens with zero attached hydrogens (tertiary/aromatic N) is 3. The Kier molecular flexibility index (Phi) is 4.86. The molecule has 1 saturated carbocycles.